The summed E-state index contributed by atoms with van der Waals surface area (Å²) in [5.41, 5.74) is 2.35. The van der Waals surface area contributed by atoms with Gasteiger partial charge in [0.25, 0.3) is 0 Å². The Bertz CT molecular complexity index is 456. The van der Waals surface area contributed by atoms with E-state index in [0.29, 0.717) is 25.5 Å². The first kappa shape index (κ1) is 17.3. The van der Waals surface area contributed by atoms with Gasteiger partial charge in [-0.3, -0.25) is 4.99 Å². The number of halogens is 3. The average Bonchev–Trinajstić information content (AvgIpc) is 2.42. The predicted molar refractivity (Wildman–Crippen MR) is 79.3 cm³/mol. The molecule has 3 nitrogen and oxygen atoms in total. The highest BCUT2D eigenvalue weighted by Crippen LogP contribution is 2.21. The molecular formula is C15H22F3N3. The molecule has 118 valence electrons. The van der Waals surface area contributed by atoms with Crippen molar-refractivity contribution in [2.75, 3.05) is 13.6 Å². The molecule has 0 heterocycles. The first-order valence-electron chi connectivity index (χ1n) is 6.98. The van der Waals surface area contributed by atoms with Crippen LogP contribution >= 0.6 is 0 Å². The summed E-state index contributed by atoms with van der Waals surface area (Å²) in [4.78, 5) is 4.05. The second-order valence-electron chi connectivity index (χ2n) is 4.85. The molecule has 0 atom stereocenters. The van der Waals surface area contributed by atoms with E-state index >= 15 is 0 Å². The van der Waals surface area contributed by atoms with E-state index in [1.807, 2.05) is 31.2 Å². The summed E-state index contributed by atoms with van der Waals surface area (Å²) < 4.78 is 36.0. The van der Waals surface area contributed by atoms with Gasteiger partial charge in [-0.15, -0.1) is 0 Å². The fraction of sp³-hybridized carbons (Fsp3) is 0.533. The number of alkyl halides is 3. The summed E-state index contributed by atoms with van der Waals surface area (Å²) in [5, 5.41) is 6.17. The second-order valence-corrected chi connectivity index (χ2v) is 4.85. The van der Waals surface area contributed by atoms with Crippen LogP contribution in [0.2, 0.25) is 0 Å². The Labute approximate surface area is 123 Å². The van der Waals surface area contributed by atoms with Crippen LogP contribution in [0, 0.1) is 6.92 Å². The Kier molecular flexibility index (Phi) is 7.05. The van der Waals surface area contributed by atoms with Crippen molar-refractivity contribution in [2.24, 2.45) is 4.99 Å². The number of aryl methyl sites for hydroxylation is 1. The zero-order chi connectivity index (χ0) is 15.7. The van der Waals surface area contributed by atoms with Gasteiger partial charge in [-0.2, -0.15) is 13.2 Å². The molecule has 0 bridgehead atoms. The van der Waals surface area contributed by atoms with Gasteiger partial charge in [0.2, 0.25) is 0 Å². The summed E-state index contributed by atoms with van der Waals surface area (Å²) in [5.74, 6) is 0.602. The van der Waals surface area contributed by atoms with Crippen LogP contribution in [-0.4, -0.2) is 25.7 Å². The van der Waals surface area contributed by atoms with Crippen LogP contribution in [0.5, 0.6) is 0 Å². The van der Waals surface area contributed by atoms with Gasteiger partial charge in [0.15, 0.2) is 5.96 Å². The van der Waals surface area contributed by atoms with Gasteiger partial charge in [0.1, 0.15) is 0 Å². The molecule has 0 amide bonds. The Morgan fingerprint density at radius 1 is 1.14 bits per heavy atom. The molecule has 1 rings (SSSR count). The molecule has 0 aromatic heterocycles. The summed E-state index contributed by atoms with van der Waals surface area (Å²) >= 11 is 0. The lowest BCUT2D eigenvalue weighted by molar-refractivity contribution is -0.135. The first-order valence-corrected chi connectivity index (χ1v) is 6.98. The molecule has 0 aliphatic carbocycles. The zero-order valence-corrected chi connectivity index (χ0v) is 12.4. The molecule has 21 heavy (non-hydrogen) atoms. The molecule has 0 radical (unpaired) electrons. The lowest BCUT2D eigenvalue weighted by atomic mass is 10.1. The second kappa shape index (κ2) is 8.54. The van der Waals surface area contributed by atoms with Gasteiger partial charge >= 0.3 is 6.18 Å². The van der Waals surface area contributed by atoms with Crippen LogP contribution < -0.4 is 10.6 Å². The predicted octanol–water partition coefficient (Wildman–Crippen LogP) is 3.39. The molecule has 0 spiro atoms. The van der Waals surface area contributed by atoms with E-state index in [4.69, 9.17) is 0 Å². The van der Waals surface area contributed by atoms with E-state index in [1.165, 1.54) is 5.56 Å². The summed E-state index contributed by atoms with van der Waals surface area (Å²) in [7, 11) is 1.64. The minimum atomic E-state index is -4.06. The molecule has 0 aliphatic rings. The quantitative estimate of drug-likeness (QED) is 0.480. The minimum absolute atomic E-state index is 0.130. The smallest absolute Gasteiger partial charge is 0.356 e. The van der Waals surface area contributed by atoms with Crippen molar-refractivity contribution in [1.29, 1.82) is 0 Å². The fourth-order valence-electron chi connectivity index (χ4n) is 1.87. The Balaban J connectivity index is 2.25. The molecular weight excluding hydrogens is 279 g/mol. The van der Waals surface area contributed by atoms with E-state index in [1.54, 1.807) is 7.05 Å². The fourth-order valence-corrected chi connectivity index (χ4v) is 1.87. The maximum atomic E-state index is 12.0. The number of aliphatic imine (C=N–C) groups is 1. The van der Waals surface area contributed by atoms with Crippen molar-refractivity contribution in [3.63, 3.8) is 0 Å². The number of hydrogen-bond donors (Lipinski definition) is 2. The van der Waals surface area contributed by atoms with E-state index in [-0.39, 0.29) is 6.42 Å². The monoisotopic (exact) mass is 301 g/mol. The number of benzene rings is 1. The number of rotatable bonds is 6. The number of nitrogens with zero attached hydrogens (tertiary/aromatic N) is 1. The van der Waals surface area contributed by atoms with E-state index in [0.717, 1.165) is 5.56 Å². The molecule has 1 aromatic rings. The maximum Gasteiger partial charge on any atom is 0.389 e. The van der Waals surface area contributed by atoms with E-state index < -0.39 is 12.6 Å². The summed E-state index contributed by atoms with van der Waals surface area (Å²) in [6, 6.07) is 8.01. The van der Waals surface area contributed by atoms with E-state index in [9.17, 15) is 13.2 Å². The van der Waals surface area contributed by atoms with Gasteiger partial charge in [-0.05, 0) is 30.9 Å². The molecule has 0 saturated carbocycles. The third-order valence-corrected chi connectivity index (χ3v) is 3.11. The summed E-state index contributed by atoms with van der Waals surface area (Å²) in [6.07, 6.45) is -4.20. The van der Waals surface area contributed by atoms with Crippen LogP contribution in [0.3, 0.4) is 0 Å². The lowest BCUT2D eigenvalue weighted by Gasteiger charge is -2.13. The Morgan fingerprint density at radius 3 is 2.48 bits per heavy atom. The lowest BCUT2D eigenvalue weighted by Crippen LogP contribution is -2.37. The van der Waals surface area contributed by atoms with Crippen molar-refractivity contribution < 1.29 is 13.2 Å². The van der Waals surface area contributed by atoms with E-state index in [2.05, 4.69) is 15.6 Å². The van der Waals surface area contributed by atoms with Gasteiger partial charge < -0.3 is 10.6 Å². The number of nitrogens with one attached hydrogen (secondary N) is 2. The maximum absolute atomic E-state index is 12.0. The standard InChI is InChI=1S/C15H22F3N3/c1-12-7-3-4-8-13(12)11-21-14(19-2)20-10-6-5-9-15(16,17)18/h3-4,7-8H,5-6,9-11H2,1-2H3,(H2,19,20,21). The highest BCUT2D eigenvalue weighted by atomic mass is 19.4. The minimum Gasteiger partial charge on any atom is -0.356 e. The van der Waals surface area contributed by atoms with Gasteiger partial charge in [0.05, 0.1) is 0 Å². The molecule has 1 aromatic carbocycles. The van der Waals surface area contributed by atoms with Crippen molar-refractivity contribution in [3.8, 4) is 0 Å². The van der Waals surface area contributed by atoms with Crippen LogP contribution in [0.1, 0.15) is 30.4 Å². The van der Waals surface area contributed by atoms with Gasteiger partial charge in [0, 0.05) is 26.6 Å². The van der Waals surface area contributed by atoms with Crippen molar-refractivity contribution in [2.45, 2.75) is 38.9 Å². The zero-order valence-electron chi connectivity index (χ0n) is 12.4. The van der Waals surface area contributed by atoms with Crippen LogP contribution in [0.4, 0.5) is 13.2 Å². The molecule has 0 unspecified atom stereocenters. The largest absolute Gasteiger partial charge is 0.389 e. The Morgan fingerprint density at radius 2 is 1.86 bits per heavy atom. The topological polar surface area (TPSA) is 36.4 Å². The van der Waals surface area contributed by atoms with Crippen molar-refractivity contribution in [3.05, 3.63) is 35.4 Å². The van der Waals surface area contributed by atoms with Crippen molar-refractivity contribution in [1.82, 2.24) is 10.6 Å². The van der Waals surface area contributed by atoms with Crippen LogP contribution in [-0.2, 0) is 6.54 Å². The average molecular weight is 301 g/mol. The highest BCUT2D eigenvalue weighted by molar-refractivity contribution is 5.79. The molecule has 2 N–H and O–H groups in total. The number of hydrogen-bond acceptors (Lipinski definition) is 1. The molecule has 0 saturated heterocycles. The van der Waals surface area contributed by atoms with Crippen LogP contribution in [0.15, 0.2) is 29.3 Å². The molecule has 6 heteroatoms. The Hall–Kier alpha value is -1.72. The van der Waals surface area contributed by atoms with Crippen LogP contribution in [0.25, 0.3) is 0 Å². The normalized spacial score (nSPS) is 12.3. The van der Waals surface area contributed by atoms with Gasteiger partial charge in [-0.1, -0.05) is 24.3 Å². The number of guanidine groups is 1. The first-order chi connectivity index (χ1) is 9.92. The van der Waals surface area contributed by atoms with Gasteiger partial charge in [-0.25, -0.2) is 0 Å². The number of unbranched alkanes of at least 4 members (excludes halogenated alkanes) is 1. The van der Waals surface area contributed by atoms with Crippen molar-refractivity contribution >= 4 is 5.96 Å². The highest BCUT2D eigenvalue weighted by Gasteiger charge is 2.25. The molecule has 0 fully saturated rings. The third-order valence-electron chi connectivity index (χ3n) is 3.11. The third kappa shape index (κ3) is 7.58. The molecule has 0 aliphatic heterocycles. The summed E-state index contributed by atoms with van der Waals surface area (Å²) in [6.45, 7) is 3.14. The SMILES string of the molecule is CN=C(NCCCCC(F)(F)F)NCc1ccccc1C.